The summed E-state index contributed by atoms with van der Waals surface area (Å²) in [6.45, 7) is 0.529. The molecule has 0 spiro atoms. The van der Waals surface area contributed by atoms with Gasteiger partial charge >= 0.3 is 0 Å². The number of tetrazole rings is 1. The fourth-order valence-corrected chi connectivity index (χ4v) is 1.38. The molecule has 1 fully saturated rings. The van der Waals surface area contributed by atoms with Crippen LogP contribution < -0.4 is 5.32 Å². The summed E-state index contributed by atoms with van der Waals surface area (Å²) >= 11 is 0. The van der Waals surface area contributed by atoms with Crippen molar-refractivity contribution < 1.29 is 5.11 Å². The van der Waals surface area contributed by atoms with Crippen LogP contribution in [0, 0.1) is 0 Å². The molecule has 1 heterocycles. The van der Waals surface area contributed by atoms with Crippen LogP contribution >= 0.6 is 0 Å². The number of aromatic nitrogens is 4. The number of aliphatic hydroxyl groups is 1. The van der Waals surface area contributed by atoms with Crippen molar-refractivity contribution >= 4 is 5.95 Å². The van der Waals surface area contributed by atoms with Gasteiger partial charge in [-0.25, -0.2) is 4.68 Å². The minimum atomic E-state index is -0.536. The Morgan fingerprint density at radius 2 is 2.38 bits per heavy atom. The molecule has 0 amide bonds. The monoisotopic (exact) mass is 183 g/mol. The van der Waals surface area contributed by atoms with Gasteiger partial charge in [-0.1, -0.05) is 5.10 Å². The lowest BCUT2D eigenvalue weighted by Crippen LogP contribution is -2.43. The van der Waals surface area contributed by atoms with E-state index in [1.54, 1.807) is 11.7 Å². The van der Waals surface area contributed by atoms with Crippen LogP contribution in [0.1, 0.15) is 19.3 Å². The zero-order valence-electron chi connectivity index (χ0n) is 7.56. The largest absolute Gasteiger partial charge is 0.388 e. The molecule has 2 rings (SSSR count). The molecule has 1 aromatic heterocycles. The molecule has 0 unspecified atom stereocenters. The van der Waals surface area contributed by atoms with Gasteiger partial charge in [-0.2, -0.15) is 0 Å². The van der Waals surface area contributed by atoms with Crippen LogP contribution in [0.4, 0.5) is 5.95 Å². The molecule has 6 heteroatoms. The maximum atomic E-state index is 9.76. The van der Waals surface area contributed by atoms with Crippen molar-refractivity contribution in [2.24, 2.45) is 7.05 Å². The molecular formula is C7H13N5O. The molecule has 72 valence electrons. The fraction of sp³-hybridized carbons (Fsp3) is 0.857. The molecule has 2 N–H and O–H groups in total. The van der Waals surface area contributed by atoms with Crippen molar-refractivity contribution in [1.29, 1.82) is 0 Å². The van der Waals surface area contributed by atoms with E-state index < -0.39 is 5.60 Å². The Bertz CT molecular complexity index is 293. The van der Waals surface area contributed by atoms with Crippen LogP contribution in [0.3, 0.4) is 0 Å². The zero-order chi connectivity index (χ0) is 9.31. The third-order valence-electron chi connectivity index (χ3n) is 2.48. The summed E-state index contributed by atoms with van der Waals surface area (Å²) in [6.07, 6.45) is 2.84. The first-order valence-electron chi connectivity index (χ1n) is 4.38. The van der Waals surface area contributed by atoms with Gasteiger partial charge in [0.05, 0.1) is 5.60 Å². The first-order chi connectivity index (χ1) is 6.20. The summed E-state index contributed by atoms with van der Waals surface area (Å²) in [5.41, 5.74) is -0.536. The number of nitrogens with one attached hydrogen (secondary N) is 1. The number of hydrogen-bond donors (Lipinski definition) is 2. The van der Waals surface area contributed by atoms with E-state index in [0.29, 0.717) is 12.5 Å². The third kappa shape index (κ3) is 1.62. The highest BCUT2D eigenvalue weighted by atomic mass is 16.3. The Morgan fingerprint density at radius 1 is 1.62 bits per heavy atom. The van der Waals surface area contributed by atoms with Gasteiger partial charge in [0.2, 0.25) is 5.95 Å². The maximum Gasteiger partial charge on any atom is 0.242 e. The van der Waals surface area contributed by atoms with Gasteiger partial charge in [0.1, 0.15) is 0 Å². The van der Waals surface area contributed by atoms with Gasteiger partial charge in [0.25, 0.3) is 0 Å². The van der Waals surface area contributed by atoms with E-state index in [4.69, 9.17) is 0 Å². The first-order valence-corrected chi connectivity index (χ1v) is 4.38. The second-order valence-electron chi connectivity index (χ2n) is 3.56. The van der Waals surface area contributed by atoms with E-state index in [9.17, 15) is 5.11 Å². The molecule has 1 aromatic rings. The van der Waals surface area contributed by atoms with E-state index in [1.165, 1.54) is 0 Å². The number of anilines is 1. The topological polar surface area (TPSA) is 75.9 Å². The van der Waals surface area contributed by atoms with Crippen LogP contribution in [-0.2, 0) is 7.05 Å². The summed E-state index contributed by atoms with van der Waals surface area (Å²) in [6, 6.07) is 0. The highest BCUT2D eigenvalue weighted by Crippen LogP contribution is 2.31. The average molecular weight is 183 g/mol. The Kier molecular flexibility index (Phi) is 1.91. The molecule has 1 aliphatic rings. The van der Waals surface area contributed by atoms with Crippen LogP contribution in [-0.4, -0.2) is 37.5 Å². The third-order valence-corrected chi connectivity index (χ3v) is 2.48. The summed E-state index contributed by atoms with van der Waals surface area (Å²) in [4.78, 5) is 0. The predicted molar refractivity (Wildman–Crippen MR) is 46.1 cm³/mol. The van der Waals surface area contributed by atoms with Gasteiger partial charge in [-0.3, -0.25) is 0 Å². The molecule has 1 saturated carbocycles. The van der Waals surface area contributed by atoms with Crippen LogP contribution in [0.25, 0.3) is 0 Å². The molecule has 0 saturated heterocycles. The lowest BCUT2D eigenvalue weighted by Gasteiger charge is -2.36. The summed E-state index contributed by atoms with van der Waals surface area (Å²) in [5.74, 6) is 0.598. The number of aryl methyl sites for hydroxylation is 1. The van der Waals surface area contributed by atoms with Crippen LogP contribution in [0.5, 0.6) is 0 Å². The van der Waals surface area contributed by atoms with Gasteiger partial charge in [-0.05, 0) is 29.7 Å². The van der Waals surface area contributed by atoms with Gasteiger partial charge in [0.15, 0.2) is 0 Å². The highest BCUT2D eigenvalue weighted by molar-refractivity contribution is 5.22. The fourth-order valence-electron chi connectivity index (χ4n) is 1.38. The predicted octanol–water partition coefficient (Wildman–Crippen LogP) is -0.463. The Balaban J connectivity index is 1.89. The van der Waals surface area contributed by atoms with Crippen molar-refractivity contribution in [3.63, 3.8) is 0 Å². The normalized spacial score (nSPS) is 19.5. The minimum absolute atomic E-state index is 0.529. The standard InChI is InChI=1S/C7H13N5O/c1-12-6(9-10-11-12)8-5-7(13)3-2-4-7/h13H,2-5H2,1H3,(H,8,9,11). The average Bonchev–Trinajstić information content (AvgIpc) is 2.44. The van der Waals surface area contributed by atoms with E-state index in [2.05, 4.69) is 20.8 Å². The van der Waals surface area contributed by atoms with Crippen molar-refractivity contribution in [3.8, 4) is 0 Å². The summed E-state index contributed by atoms with van der Waals surface area (Å²) < 4.78 is 1.54. The molecule has 1 aliphatic carbocycles. The zero-order valence-corrected chi connectivity index (χ0v) is 7.56. The second-order valence-corrected chi connectivity index (χ2v) is 3.56. The van der Waals surface area contributed by atoms with Crippen molar-refractivity contribution in [3.05, 3.63) is 0 Å². The van der Waals surface area contributed by atoms with Gasteiger partial charge in [-0.15, -0.1) is 0 Å². The number of hydrogen-bond acceptors (Lipinski definition) is 5. The van der Waals surface area contributed by atoms with Gasteiger partial charge in [0, 0.05) is 13.6 Å². The van der Waals surface area contributed by atoms with E-state index in [1.807, 2.05) is 0 Å². The Hall–Kier alpha value is -1.17. The molecule has 0 aliphatic heterocycles. The lowest BCUT2D eigenvalue weighted by atomic mass is 9.80. The Morgan fingerprint density at radius 3 is 2.85 bits per heavy atom. The maximum absolute atomic E-state index is 9.76. The molecule has 6 nitrogen and oxygen atoms in total. The van der Waals surface area contributed by atoms with Crippen molar-refractivity contribution in [2.75, 3.05) is 11.9 Å². The highest BCUT2D eigenvalue weighted by Gasteiger charge is 2.34. The second kappa shape index (κ2) is 2.95. The van der Waals surface area contributed by atoms with Crippen molar-refractivity contribution in [2.45, 2.75) is 24.9 Å². The molecule has 0 aromatic carbocycles. The first kappa shape index (κ1) is 8.43. The number of nitrogens with zero attached hydrogens (tertiary/aromatic N) is 4. The van der Waals surface area contributed by atoms with Crippen molar-refractivity contribution in [1.82, 2.24) is 20.2 Å². The minimum Gasteiger partial charge on any atom is -0.388 e. The molecular weight excluding hydrogens is 170 g/mol. The molecule has 13 heavy (non-hydrogen) atoms. The van der Waals surface area contributed by atoms with Crippen LogP contribution in [0.2, 0.25) is 0 Å². The molecule has 0 radical (unpaired) electrons. The summed E-state index contributed by atoms with van der Waals surface area (Å²) in [7, 11) is 1.76. The quantitative estimate of drug-likeness (QED) is 0.663. The SMILES string of the molecule is Cn1nnnc1NCC1(O)CCC1. The van der Waals surface area contributed by atoms with Gasteiger partial charge < -0.3 is 10.4 Å². The van der Waals surface area contributed by atoms with E-state index >= 15 is 0 Å². The molecule has 0 atom stereocenters. The molecule has 0 bridgehead atoms. The number of rotatable bonds is 3. The smallest absolute Gasteiger partial charge is 0.242 e. The summed E-state index contributed by atoms with van der Waals surface area (Å²) in [5, 5.41) is 23.7. The lowest BCUT2D eigenvalue weighted by molar-refractivity contribution is -0.0203. The van der Waals surface area contributed by atoms with E-state index in [-0.39, 0.29) is 0 Å². The van der Waals surface area contributed by atoms with E-state index in [0.717, 1.165) is 19.3 Å². The van der Waals surface area contributed by atoms with Crippen LogP contribution in [0.15, 0.2) is 0 Å². The Labute approximate surface area is 75.9 Å².